The summed E-state index contributed by atoms with van der Waals surface area (Å²) in [5.41, 5.74) is 1.27. The smallest absolute Gasteiger partial charge is 0.131 e. The van der Waals surface area contributed by atoms with E-state index in [2.05, 4.69) is 20.6 Å². The maximum atomic E-state index is 9.97. The fourth-order valence-electron chi connectivity index (χ4n) is 3.30. The first-order chi connectivity index (χ1) is 14.5. The van der Waals surface area contributed by atoms with Gasteiger partial charge in [-0.1, -0.05) is 74.5 Å². The van der Waals surface area contributed by atoms with Crippen LogP contribution in [0.2, 0.25) is 0 Å². The van der Waals surface area contributed by atoms with Crippen LogP contribution in [0.1, 0.15) is 25.0 Å². The Labute approximate surface area is 178 Å². The largest absolute Gasteiger partial charge is 0.395 e. The van der Waals surface area contributed by atoms with Gasteiger partial charge in [-0.3, -0.25) is 0 Å². The van der Waals surface area contributed by atoms with Crippen molar-refractivity contribution in [3.63, 3.8) is 0 Å². The molecule has 0 aliphatic rings. The number of anilines is 2. The summed E-state index contributed by atoms with van der Waals surface area (Å²) in [6.45, 7) is 5.13. The van der Waals surface area contributed by atoms with Crippen LogP contribution in [0.3, 0.4) is 0 Å². The second-order valence-electron chi connectivity index (χ2n) is 8.17. The lowest BCUT2D eigenvalue weighted by Gasteiger charge is -2.29. The fraction of sp³-hybridized carbons (Fsp3) is 0.333. The molecule has 6 heteroatoms. The van der Waals surface area contributed by atoms with Crippen molar-refractivity contribution < 1.29 is 10.2 Å². The summed E-state index contributed by atoms with van der Waals surface area (Å²) in [7, 11) is 0. The second-order valence-corrected chi connectivity index (χ2v) is 8.17. The molecule has 3 rings (SSSR count). The van der Waals surface area contributed by atoms with Gasteiger partial charge in [-0.2, -0.15) is 0 Å². The molecule has 0 saturated heterocycles. The predicted octanol–water partition coefficient (Wildman–Crippen LogP) is 3.20. The molecular weight excluding hydrogens is 376 g/mol. The van der Waals surface area contributed by atoms with E-state index in [1.54, 1.807) is 0 Å². The summed E-state index contributed by atoms with van der Waals surface area (Å²) in [5.74, 6) is 1.35. The van der Waals surface area contributed by atoms with Crippen LogP contribution in [0, 0.1) is 0 Å². The highest BCUT2D eigenvalue weighted by Crippen LogP contribution is 2.25. The normalized spacial score (nSPS) is 15.1. The van der Waals surface area contributed by atoms with E-state index in [4.69, 9.17) is 0 Å². The Kier molecular flexibility index (Phi) is 7.03. The van der Waals surface area contributed by atoms with Crippen molar-refractivity contribution in [1.29, 1.82) is 0 Å². The van der Waals surface area contributed by atoms with Gasteiger partial charge in [0.25, 0.3) is 0 Å². The molecule has 0 bridgehead atoms. The summed E-state index contributed by atoms with van der Waals surface area (Å²) in [6, 6.07) is 21.7. The average molecular weight is 407 g/mol. The van der Waals surface area contributed by atoms with E-state index in [0.717, 1.165) is 11.1 Å². The molecule has 2 unspecified atom stereocenters. The van der Waals surface area contributed by atoms with Crippen molar-refractivity contribution >= 4 is 11.6 Å². The van der Waals surface area contributed by atoms with Gasteiger partial charge < -0.3 is 20.8 Å². The van der Waals surface area contributed by atoms with Gasteiger partial charge in [0.1, 0.15) is 18.0 Å². The maximum absolute atomic E-state index is 9.97. The molecule has 30 heavy (non-hydrogen) atoms. The third kappa shape index (κ3) is 5.14. The monoisotopic (exact) mass is 406 g/mol. The summed E-state index contributed by atoms with van der Waals surface area (Å²) < 4.78 is 0. The molecule has 0 radical (unpaired) electrons. The lowest BCUT2D eigenvalue weighted by Crippen LogP contribution is -2.35. The molecule has 6 nitrogen and oxygen atoms in total. The molecular formula is C24H30N4O2. The quantitative estimate of drug-likeness (QED) is 0.413. The van der Waals surface area contributed by atoms with Gasteiger partial charge in [0, 0.05) is 30.0 Å². The van der Waals surface area contributed by atoms with E-state index in [0.29, 0.717) is 24.7 Å². The van der Waals surface area contributed by atoms with E-state index >= 15 is 0 Å². The minimum Gasteiger partial charge on any atom is -0.395 e. The van der Waals surface area contributed by atoms with Crippen LogP contribution in [-0.2, 0) is 10.8 Å². The molecule has 0 amide bonds. The van der Waals surface area contributed by atoms with Gasteiger partial charge in [-0.05, 0) is 11.1 Å². The second kappa shape index (κ2) is 9.69. The zero-order valence-electron chi connectivity index (χ0n) is 17.5. The third-order valence-corrected chi connectivity index (χ3v) is 5.63. The zero-order chi connectivity index (χ0) is 21.5. The number of hydrogen-bond donors (Lipinski definition) is 4. The minimum absolute atomic E-state index is 0.0200. The fourth-order valence-corrected chi connectivity index (χ4v) is 3.30. The standard InChI is InChI=1S/C24H30N4O2/c1-23(16-29,19-9-5-3-6-10-19)14-25-21-13-22(28-18-27-21)26-15-24(2,17-30)20-11-7-4-8-12-20/h3-13,18,29-30H,14-17H2,1-2H3,(H2,25,26,27,28). The van der Waals surface area contributed by atoms with Crippen LogP contribution in [-0.4, -0.2) is 46.5 Å². The molecule has 0 spiro atoms. The van der Waals surface area contributed by atoms with Crippen molar-refractivity contribution in [2.75, 3.05) is 36.9 Å². The van der Waals surface area contributed by atoms with Gasteiger partial charge >= 0.3 is 0 Å². The Morgan fingerprint density at radius 2 is 1.10 bits per heavy atom. The third-order valence-electron chi connectivity index (χ3n) is 5.63. The highest BCUT2D eigenvalue weighted by Gasteiger charge is 2.27. The van der Waals surface area contributed by atoms with Crippen molar-refractivity contribution in [1.82, 2.24) is 9.97 Å². The average Bonchev–Trinajstić information content (AvgIpc) is 2.82. The Bertz CT molecular complexity index is 850. The highest BCUT2D eigenvalue weighted by atomic mass is 16.3. The molecule has 4 N–H and O–H groups in total. The Morgan fingerprint density at radius 3 is 1.47 bits per heavy atom. The zero-order valence-corrected chi connectivity index (χ0v) is 17.5. The Balaban J connectivity index is 1.66. The van der Waals surface area contributed by atoms with E-state index in [-0.39, 0.29) is 13.2 Å². The Morgan fingerprint density at radius 1 is 0.700 bits per heavy atom. The number of aliphatic hydroxyl groups is 2. The van der Waals surface area contributed by atoms with Gasteiger partial charge in [-0.15, -0.1) is 0 Å². The first kappa shape index (κ1) is 21.7. The van der Waals surface area contributed by atoms with Crippen LogP contribution in [0.4, 0.5) is 11.6 Å². The van der Waals surface area contributed by atoms with Crippen molar-refractivity contribution in [3.05, 3.63) is 84.2 Å². The molecule has 158 valence electrons. The number of rotatable bonds is 10. The number of benzene rings is 2. The topological polar surface area (TPSA) is 90.3 Å². The predicted molar refractivity (Wildman–Crippen MR) is 121 cm³/mol. The SMILES string of the molecule is CC(CO)(CNc1cc(NCC(C)(CO)c2ccccc2)ncn1)c1ccccc1. The first-order valence-electron chi connectivity index (χ1n) is 10.1. The minimum atomic E-state index is -0.428. The lowest BCUT2D eigenvalue weighted by molar-refractivity contribution is 0.213. The molecule has 0 fully saturated rings. The summed E-state index contributed by atoms with van der Waals surface area (Å²) in [6.07, 6.45) is 1.50. The lowest BCUT2D eigenvalue weighted by atomic mass is 9.83. The van der Waals surface area contributed by atoms with E-state index < -0.39 is 10.8 Å². The molecule has 1 heterocycles. The number of aromatic nitrogens is 2. The van der Waals surface area contributed by atoms with Gasteiger partial charge in [-0.25, -0.2) is 9.97 Å². The number of hydrogen-bond acceptors (Lipinski definition) is 6. The van der Waals surface area contributed by atoms with Gasteiger partial charge in [0.15, 0.2) is 0 Å². The van der Waals surface area contributed by atoms with Gasteiger partial charge in [0.05, 0.1) is 13.2 Å². The molecule has 0 aliphatic heterocycles. The van der Waals surface area contributed by atoms with Crippen LogP contribution < -0.4 is 10.6 Å². The van der Waals surface area contributed by atoms with Crippen molar-refractivity contribution in [3.8, 4) is 0 Å². The van der Waals surface area contributed by atoms with Crippen molar-refractivity contribution in [2.45, 2.75) is 24.7 Å². The van der Waals surface area contributed by atoms with E-state index in [9.17, 15) is 10.2 Å². The van der Waals surface area contributed by atoms with E-state index in [1.807, 2.05) is 80.6 Å². The molecule has 0 aliphatic carbocycles. The first-order valence-corrected chi connectivity index (χ1v) is 10.1. The van der Waals surface area contributed by atoms with Crippen LogP contribution >= 0.6 is 0 Å². The van der Waals surface area contributed by atoms with Crippen molar-refractivity contribution in [2.24, 2.45) is 0 Å². The number of nitrogens with zero attached hydrogens (tertiary/aromatic N) is 2. The highest BCUT2D eigenvalue weighted by molar-refractivity contribution is 5.47. The molecule has 2 aromatic carbocycles. The molecule has 0 saturated carbocycles. The number of aliphatic hydroxyl groups excluding tert-OH is 2. The van der Waals surface area contributed by atoms with Crippen LogP contribution in [0.15, 0.2) is 73.1 Å². The summed E-state index contributed by atoms with van der Waals surface area (Å²) >= 11 is 0. The maximum Gasteiger partial charge on any atom is 0.131 e. The van der Waals surface area contributed by atoms with Crippen LogP contribution in [0.25, 0.3) is 0 Å². The number of nitrogens with one attached hydrogen (secondary N) is 2. The Hall–Kier alpha value is -2.96. The van der Waals surface area contributed by atoms with E-state index in [1.165, 1.54) is 6.33 Å². The molecule has 1 aromatic heterocycles. The molecule has 2 atom stereocenters. The van der Waals surface area contributed by atoms with Crippen LogP contribution in [0.5, 0.6) is 0 Å². The van der Waals surface area contributed by atoms with Gasteiger partial charge in [0.2, 0.25) is 0 Å². The summed E-state index contributed by atoms with van der Waals surface area (Å²) in [4.78, 5) is 8.60. The molecule has 3 aromatic rings. The summed E-state index contributed by atoms with van der Waals surface area (Å²) in [5, 5.41) is 26.6.